The molecule has 0 fully saturated rings. The normalized spacial score (nSPS) is 9.38. The summed E-state index contributed by atoms with van der Waals surface area (Å²) in [5.74, 6) is 2.87. The largest absolute Gasteiger partial charge is 0.449 e. The fourth-order valence-corrected chi connectivity index (χ4v) is 0.674. The van der Waals surface area contributed by atoms with E-state index in [1.165, 1.54) is 0 Å². The maximum atomic E-state index is 10.9. The van der Waals surface area contributed by atoms with E-state index < -0.39 is 0 Å². The van der Waals surface area contributed by atoms with Crippen molar-refractivity contribution in [3.05, 3.63) is 0 Å². The van der Waals surface area contributed by atoms with Gasteiger partial charge in [0, 0.05) is 13.0 Å². The number of hydrogen-bond acceptors (Lipinski definition) is 2. The van der Waals surface area contributed by atoms with Gasteiger partial charge in [0.1, 0.15) is 0 Å². The molecular formula is C10H17NO2. The molecule has 0 saturated carbocycles. The Hall–Kier alpha value is -1.17. The average Bonchev–Trinajstić information content (AvgIpc) is 2.09. The molecule has 0 radical (unpaired) electrons. The molecule has 0 unspecified atom stereocenters. The van der Waals surface area contributed by atoms with E-state index in [0.29, 0.717) is 25.5 Å². The predicted molar refractivity (Wildman–Crippen MR) is 52.3 cm³/mol. The number of nitrogens with one attached hydrogen (secondary N) is 1. The minimum atomic E-state index is -0.356. The third kappa shape index (κ3) is 8.74. The molecule has 0 heterocycles. The second-order valence-electron chi connectivity index (χ2n) is 3.23. The molecule has 74 valence electrons. The van der Waals surface area contributed by atoms with E-state index in [1.54, 1.807) is 0 Å². The molecule has 0 aromatic carbocycles. The Labute approximate surface area is 79.8 Å². The molecule has 13 heavy (non-hydrogen) atoms. The maximum absolute atomic E-state index is 10.9. The molecule has 0 spiro atoms. The molecule has 0 saturated heterocycles. The Kier molecular flexibility index (Phi) is 6.80. The van der Waals surface area contributed by atoms with Gasteiger partial charge >= 0.3 is 6.09 Å². The minimum Gasteiger partial charge on any atom is -0.449 e. The van der Waals surface area contributed by atoms with Gasteiger partial charge in [-0.1, -0.05) is 13.8 Å². The summed E-state index contributed by atoms with van der Waals surface area (Å²) in [6.45, 7) is 5.03. The average molecular weight is 183 g/mol. The van der Waals surface area contributed by atoms with E-state index >= 15 is 0 Å². The summed E-state index contributed by atoms with van der Waals surface area (Å²) in [5, 5.41) is 2.62. The maximum Gasteiger partial charge on any atom is 0.407 e. The molecule has 0 aromatic heterocycles. The number of ether oxygens (including phenoxy) is 1. The van der Waals surface area contributed by atoms with Crippen molar-refractivity contribution in [3.8, 4) is 12.3 Å². The van der Waals surface area contributed by atoms with Gasteiger partial charge in [-0.25, -0.2) is 4.79 Å². The fraction of sp³-hybridized carbons (Fsp3) is 0.700. The first kappa shape index (κ1) is 11.8. The van der Waals surface area contributed by atoms with Crippen LogP contribution in [0.1, 0.15) is 26.7 Å². The van der Waals surface area contributed by atoms with Gasteiger partial charge in [0.15, 0.2) is 0 Å². The monoisotopic (exact) mass is 183 g/mol. The second-order valence-corrected chi connectivity index (χ2v) is 3.23. The van der Waals surface area contributed by atoms with Crippen molar-refractivity contribution in [2.75, 3.05) is 13.2 Å². The van der Waals surface area contributed by atoms with Crippen LogP contribution in [0.3, 0.4) is 0 Å². The number of hydrogen-bond donors (Lipinski definition) is 1. The topological polar surface area (TPSA) is 38.3 Å². The van der Waals surface area contributed by atoms with Crippen molar-refractivity contribution >= 4 is 6.09 Å². The van der Waals surface area contributed by atoms with Crippen molar-refractivity contribution in [1.82, 2.24) is 5.32 Å². The zero-order chi connectivity index (χ0) is 10.1. The number of carbonyl (C=O) groups excluding carboxylic acids is 1. The molecule has 0 rings (SSSR count). The van der Waals surface area contributed by atoms with Crippen molar-refractivity contribution in [3.63, 3.8) is 0 Å². The summed E-state index contributed by atoms with van der Waals surface area (Å²) >= 11 is 0. The van der Waals surface area contributed by atoms with Crippen LogP contribution in [-0.4, -0.2) is 19.2 Å². The van der Waals surface area contributed by atoms with E-state index in [2.05, 4.69) is 11.2 Å². The van der Waals surface area contributed by atoms with Crippen molar-refractivity contribution in [1.29, 1.82) is 0 Å². The lowest BCUT2D eigenvalue weighted by Gasteiger charge is -2.07. The highest BCUT2D eigenvalue weighted by molar-refractivity contribution is 5.66. The molecule has 0 atom stereocenters. The molecule has 0 aliphatic rings. The van der Waals surface area contributed by atoms with Crippen LogP contribution in [0.25, 0.3) is 0 Å². The Balaban J connectivity index is 3.26. The fourth-order valence-electron chi connectivity index (χ4n) is 0.674. The summed E-state index contributed by atoms with van der Waals surface area (Å²) in [6.07, 6.45) is 6.18. The van der Waals surface area contributed by atoms with Gasteiger partial charge in [-0.05, 0) is 12.3 Å². The Morgan fingerprint density at radius 1 is 1.62 bits per heavy atom. The van der Waals surface area contributed by atoms with Crippen LogP contribution < -0.4 is 5.32 Å². The molecule has 0 aromatic rings. The van der Waals surface area contributed by atoms with Crippen LogP contribution in [0, 0.1) is 18.3 Å². The third-order valence-corrected chi connectivity index (χ3v) is 1.31. The van der Waals surface area contributed by atoms with E-state index in [4.69, 9.17) is 11.2 Å². The summed E-state index contributed by atoms with van der Waals surface area (Å²) in [6, 6.07) is 0. The minimum absolute atomic E-state index is 0.356. The molecule has 0 aliphatic heterocycles. The number of terminal acetylenes is 1. The zero-order valence-electron chi connectivity index (χ0n) is 8.30. The SMILES string of the molecule is C#CCCCNC(=O)OCC(C)C. The molecule has 3 nitrogen and oxygen atoms in total. The Morgan fingerprint density at radius 3 is 2.85 bits per heavy atom. The Bertz CT molecular complexity index is 182. The molecular weight excluding hydrogens is 166 g/mol. The quantitative estimate of drug-likeness (QED) is 0.521. The third-order valence-electron chi connectivity index (χ3n) is 1.31. The molecule has 3 heteroatoms. The van der Waals surface area contributed by atoms with Gasteiger partial charge in [-0.2, -0.15) is 0 Å². The molecule has 0 bridgehead atoms. The number of amides is 1. The molecule has 1 N–H and O–H groups in total. The highest BCUT2D eigenvalue weighted by Crippen LogP contribution is 1.92. The zero-order valence-corrected chi connectivity index (χ0v) is 8.30. The lowest BCUT2D eigenvalue weighted by molar-refractivity contribution is 0.133. The highest BCUT2D eigenvalue weighted by atomic mass is 16.5. The van der Waals surface area contributed by atoms with E-state index in [1.807, 2.05) is 13.8 Å². The van der Waals surface area contributed by atoms with Crippen LogP contribution in [0.4, 0.5) is 4.79 Å². The van der Waals surface area contributed by atoms with Crippen molar-refractivity contribution in [2.24, 2.45) is 5.92 Å². The van der Waals surface area contributed by atoms with Crippen molar-refractivity contribution < 1.29 is 9.53 Å². The molecule has 0 aliphatic carbocycles. The summed E-state index contributed by atoms with van der Waals surface area (Å²) in [7, 11) is 0. The highest BCUT2D eigenvalue weighted by Gasteiger charge is 2.01. The van der Waals surface area contributed by atoms with Gasteiger partial charge in [0.05, 0.1) is 6.61 Å². The Morgan fingerprint density at radius 2 is 2.31 bits per heavy atom. The molecule has 1 amide bonds. The van der Waals surface area contributed by atoms with Gasteiger partial charge in [-0.3, -0.25) is 0 Å². The first-order valence-corrected chi connectivity index (χ1v) is 4.51. The first-order valence-electron chi connectivity index (χ1n) is 4.51. The van der Waals surface area contributed by atoms with Gasteiger partial charge in [0.2, 0.25) is 0 Å². The number of alkyl carbamates (subject to hydrolysis) is 1. The van der Waals surface area contributed by atoms with Crippen LogP contribution in [0.2, 0.25) is 0 Å². The number of carbonyl (C=O) groups is 1. The first-order chi connectivity index (χ1) is 6.16. The lowest BCUT2D eigenvalue weighted by Crippen LogP contribution is -2.26. The standard InChI is InChI=1S/C10H17NO2/c1-4-5-6-7-11-10(12)13-8-9(2)3/h1,9H,5-8H2,2-3H3,(H,11,12). The summed E-state index contributed by atoms with van der Waals surface area (Å²) in [5.41, 5.74) is 0. The predicted octanol–water partition coefficient (Wildman–Crippen LogP) is 1.78. The van der Waals surface area contributed by atoms with E-state index in [9.17, 15) is 4.79 Å². The van der Waals surface area contributed by atoms with Gasteiger partial charge in [-0.15, -0.1) is 12.3 Å². The van der Waals surface area contributed by atoms with Crippen LogP contribution in [-0.2, 0) is 4.74 Å². The second kappa shape index (κ2) is 7.48. The summed E-state index contributed by atoms with van der Waals surface area (Å²) in [4.78, 5) is 10.9. The van der Waals surface area contributed by atoms with E-state index in [0.717, 1.165) is 6.42 Å². The van der Waals surface area contributed by atoms with E-state index in [-0.39, 0.29) is 6.09 Å². The lowest BCUT2D eigenvalue weighted by atomic mass is 10.2. The van der Waals surface area contributed by atoms with Crippen LogP contribution >= 0.6 is 0 Å². The van der Waals surface area contributed by atoms with Gasteiger partial charge < -0.3 is 10.1 Å². The number of unbranched alkanes of at least 4 members (excludes halogenated alkanes) is 1. The summed E-state index contributed by atoms with van der Waals surface area (Å²) < 4.78 is 4.88. The van der Waals surface area contributed by atoms with Crippen LogP contribution in [0.5, 0.6) is 0 Å². The smallest absolute Gasteiger partial charge is 0.407 e. The van der Waals surface area contributed by atoms with Crippen molar-refractivity contribution in [2.45, 2.75) is 26.7 Å². The van der Waals surface area contributed by atoms with Crippen LogP contribution in [0.15, 0.2) is 0 Å². The van der Waals surface area contributed by atoms with Gasteiger partial charge in [0.25, 0.3) is 0 Å². The number of rotatable bonds is 5.